The predicted octanol–water partition coefficient (Wildman–Crippen LogP) is 1.83. The minimum atomic E-state index is 1.17. The van der Waals surface area contributed by atoms with Crippen LogP contribution in [0.3, 0.4) is 0 Å². The lowest BCUT2D eigenvalue weighted by molar-refractivity contribution is -0.491. The Morgan fingerprint density at radius 2 is 1.75 bits per heavy atom. The summed E-state index contributed by atoms with van der Waals surface area (Å²) >= 11 is 0. The molecule has 3 nitrogen and oxygen atoms in total. The van der Waals surface area contributed by atoms with Crippen molar-refractivity contribution in [2.45, 2.75) is 39.5 Å². The Morgan fingerprint density at radius 1 is 1.19 bits per heavy atom. The van der Waals surface area contributed by atoms with Gasteiger partial charge in [0.1, 0.15) is 0 Å². The molecule has 16 heavy (non-hydrogen) atoms. The maximum absolute atomic E-state index is 2.57. The van der Waals surface area contributed by atoms with Crippen LogP contribution in [0, 0.1) is 0 Å². The van der Waals surface area contributed by atoms with Crippen molar-refractivity contribution in [2.24, 2.45) is 0 Å². The molecule has 1 aliphatic rings. The molecule has 1 heterocycles. The smallest absolute Gasteiger partial charge is 0.265 e. The molecule has 0 unspecified atom stereocenters. The minimum Gasteiger partial charge on any atom is -0.265 e. The van der Waals surface area contributed by atoms with Crippen molar-refractivity contribution in [3.05, 3.63) is 0 Å². The van der Waals surface area contributed by atoms with Gasteiger partial charge in [0.25, 0.3) is 0 Å². The van der Waals surface area contributed by atoms with Crippen molar-refractivity contribution in [2.75, 3.05) is 40.3 Å². The Labute approximate surface area is 101 Å². The second-order valence-corrected chi connectivity index (χ2v) is 4.84. The van der Waals surface area contributed by atoms with Crippen LogP contribution in [0.2, 0.25) is 0 Å². The summed E-state index contributed by atoms with van der Waals surface area (Å²) in [6.45, 7) is 9.29. The van der Waals surface area contributed by atoms with Gasteiger partial charge < -0.3 is 0 Å². The van der Waals surface area contributed by atoms with Crippen molar-refractivity contribution in [1.29, 1.82) is 0 Å². The van der Waals surface area contributed by atoms with Gasteiger partial charge in [0.05, 0.1) is 40.3 Å². The van der Waals surface area contributed by atoms with Crippen LogP contribution in [0.5, 0.6) is 0 Å². The first-order chi connectivity index (χ1) is 7.70. The van der Waals surface area contributed by atoms with E-state index in [1.54, 1.807) is 0 Å². The number of nitrogens with zero attached hydrogens (tertiary/aromatic N) is 3. The Hall–Kier alpha value is -0.730. The first kappa shape index (κ1) is 13.3. The summed E-state index contributed by atoms with van der Waals surface area (Å²) in [5.41, 5.74) is 0. The highest BCUT2D eigenvalue weighted by atomic mass is 15.4. The number of hydrogen-bond donors (Lipinski definition) is 0. The Kier molecular flexibility index (Phi) is 5.64. The zero-order valence-corrected chi connectivity index (χ0v) is 11.5. The highest BCUT2D eigenvalue weighted by molar-refractivity contribution is 5.75. The summed E-state index contributed by atoms with van der Waals surface area (Å²) in [6, 6.07) is 0. The summed E-state index contributed by atoms with van der Waals surface area (Å²) in [5, 5.41) is 0. The number of likely N-dealkylation sites (N-methyl/N-ethyl adjacent to an activating group) is 2. The molecule has 1 aliphatic heterocycles. The maximum atomic E-state index is 2.57. The largest absolute Gasteiger partial charge is 0.350 e. The van der Waals surface area contributed by atoms with E-state index in [0.29, 0.717) is 0 Å². The first-order valence-corrected chi connectivity index (χ1v) is 6.74. The van der Waals surface area contributed by atoms with E-state index in [9.17, 15) is 0 Å². The van der Waals surface area contributed by atoms with E-state index >= 15 is 0 Å². The molecule has 0 saturated carbocycles. The quantitative estimate of drug-likeness (QED) is 0.639. The monoisotopic (exact) mass is 226 g/mol. The fourth-order valence-corrected chi connectivity index (χ4v) is 2.28. The maximum Gasteiger partial charge on any atom is 0.350 e. The lowest BCUT2D eigenvalue weighted by atomic mass is 10.3. The summed E-state index contributed by atoms with van der Waals surface area (Å²) in [7, 11) is 4.42. The van der Waals surface area contributed by atoms with E-state index in [-0.39, 0.29) is 0 Å². The highest BCUT2D eigenvalue weighted by Crippen LogP contribution is 2.07. The molecule has 1 rings (SSSR count). The second kappa shape index (κ2) is 6.77. The van der Waals surface area contributed by atoms with Gasteiger partial charge in [0, 0.05) is 0 Å². The highest BCUT2D eigenvalue weighted by Gasteiger charge is 2.29. The lowest BCUT2D eigenvalue weighted by Gasteiger charge is -2.22. The molecular formula is C13H28N3+. The fraction of sp³-hybridized carbons (Fsp3) is 0.923. The minimum absolute atomic E-state index is 1.17. The zero-order valence-electron chi connectivity index (χ0n) is 11.5. The van der Waals surface area contributed by atoms with Gasteiger partial charge in [-0.05, 0) is 12.8 Å². The molecule has 0 fully saturated rings. The van der Waals surface area contributed by atoms with E-state index in [4.69, 9.17) is 0 Å². The molecule has 0 amide bonds. The van der Waals surface area contributed by atoms with Crippen molar-refractivity contribution in [3.63, 3.8) is 0 Å². The Morgan fingerprint density at radius 3 is 2.12 bits per heavy atom. The fourth-order valence-electron chi connectivity index (χ4n) is 2.28. The van der Waals surface area contributed by atoms with Crippen LogP contribution >= 0.6 is 0 Å². The molecule has 0 bridgehead atoms. The molecule has 0 radical (unpaired) electrons. The van der Waals surface area contributed by atoms with E-state index < -0.39 is 0 Å². The van der Waals surface area contributed by atoms with Gasteiger partial charge in [-0.2, -0.15) is 0 Å². The van der Waals surface area contributed by atoms with Gasteiger partial charge in [0.15, 0.2) is 0 Å². The van der Waals surface area contributed by atoms with Gasteiger partial charge in [0.2, 0.25) is 0 Å². The molecule has 0 saturated heterocycles. The van der Waals surface area contributed by atoms with E-state index in [0.717, 1.165) is 0 Å². The molecule has 0 aliphatic carbocycles. The van der Waals surface area contributed by atoms with Crippen LogP contribution in [0.1, 0.15) is 39.5 Å². The van der Waals surface area contributed by atoms with Gasteiger partial charge in [-0.1, -0.05) is 26.7 Å². The number of unbranched alkanes of at least 4 members (excludes halogenated alkanes) is 2. The van der Waals surface area contributed by atoms with E-state index in [1.165, 1.54) is 57.8 Å². The molecular weight excluding hydrogens is 198 g/mol. The summed E-state index contributed by atoms with van der Waals surface area (Å²) < 4.78 is 2.39. The average molecular weight is 226 g/mol. The number of rotatable bonds is 6. The van der Waals surface area contributed by atoms with Crippen molar-refractivity contribution in [3.8, 4) is 0 Å². The molecule has 0 aromatic heterocycles. The second-order valence-electron chi connectivity index (χ2n) is 4.84. The van der Waals surface area contributed by atoms with Crippen LogP contribution in [-0.4, -0.2) is 60.6 Å². The molecule has 3 heteroatoms. The Balaban J connectivity index is 2.62. The normalized spacial score (nSPS) is 16.1. The molecule has 0 spiro atoms. The van der Waals surface area contributed by atoms with Crippen LogP contribution < -0.4 is 0 Å². The zero-order chi connectivity index (χ0) is 12.0. The summed E-state index contributed by atoms with van der Waals surface area (Å²) in [4.78, 5) is 4.96. The third kappa shape index (κ3) is 3.39. The third-order valence-electron chi connectivity index (χ3n) is 3.30. The molecule has 0 aromatic carbocycles. The van der Waals surface area contributed by atoms with Crippen LogP contribution in [0.25, 0.3) is 0 Å². The summed E-state index contributed by atoms with van der Waals surface area (Å²) in [6.07, 6.45) is 5.16. The van der Waals surface area contributed by atoms with Crippen LogP contribution in [0.15, 0.2) is 0 Å². The van der Waals surface area contributed by atoms with E-state index in [1.807, 2.05) is 0 Å². The van der Waals surface area contributed by atoms with Gasteiger partial charge >= 0.3 is 5.96 Å². The number of guanidine groups is 1. The van der Waals surface area contributed by atoms with Gasteiger partial charge in [-0.15, -0.1) is 0 Å². The topological polar surface area (TPSA) is 9.49 Å². The number of hydrogen-bond acceptors (Lipinski definition) is 2. The first-order valence-electron chi connectivity index (χ1n) is 6.74. The van der Waals surface area contributed by atoms with Crippen molar-refractivity contribution in [1.82, 2.24) is 9.80 Å². The van der Waals surface area contributed by atoms with Crippen molar-refractivity contribution >= 4 is 5.96 Å². The average Bonchev–Trinajstić information content (AvgIpc) is 2.60. The third-order valence-corrected chi connectivity index (χ3v) is 3.30. The molecule has 0 atom stereocenters. The predicted molar refractivity (Wildman–Crippen MR) is 70.1 cm³/mol. The molecule has 0 N–H and O–H groups in total. The van der Waals surface area contributed by atoms with E-state index in [2.05, 4.69) is 42.3 Å². The standard InChI is InChI=1S/C13H28N3/c1-5-7-9-16(10-8-6-2)13-14(3)11-12-15(13)4/h5-12H2,1-4H3/q+1. The molecule has 0 aromatic rings. The SMILES string of the molecule is CCCCN(CCCC)C1=[N+](C)CCN1C. The van der Waals surface area contributed by atoms with Gasteiger partial charge in [-0.3, -0.25) is 14.4 Å². The molecule has 94 valence electrons. The van der Waals surface area contributed by atoms with Gasteiger partial charge in [-0.25, -0.2) is 0 Å². The van der Waals surface area contributed by atoms with Crippen LogP contribution in [-0.2, 0) is 0 Å². The lowest BCUT2D eigenvalue weighted by Crippen LogP contribution is -2.43. The van der Waals surface area contributed by atoms with Crippen molar-refractivity contribution < 1.29 is 4.58 Å². The Bertz CT molecular complexity index is 227. The van der Waals surface area contributed by atoms with Crippen LogP contribution in [0.4, 0.5) is 0 Å². The summed E-state index contributed by atoms with van der Waals surface area (Å²) in [5.74, 6) is 1.43.